The van der Waals surface area contributed by atoms with E-state index in [9.17, 15) is 14.7 Å². The number of aliphatic hydroxyl groups is 1. The van der Waals surface area contributed by atoms with Crippen LogP contribution in [0.2, 0.25) is 0 Å². The molecule has 0 saturated heterocycles. The monoisotopic (exact) mass is 301 g/mol. The lowest BCUT2D eigenvalue weighted by molar-refractivity contribution is -0.123. The van der Waals surface area contributed by atoms with E-state index < -0.39 is 6.10 Å². The van der Waals surface area contributed by atoms with Crippen molar-refractivity contribution < 1.29 is 19.1 Å². The Morgan fingerprint density at radius 3 is 2.50 bits per heavy atom. The lowest BCUT2D eigenvalue weighted by Crippen LogP contribution is -2.35. The predicted octanol–water partition coefficient (Wildman–Crippen LogP) is 2.48. The van der Waals surface area contributed by atoms with Gasteiger partial charge in [0.25, 0.3) is 0 Å². The number of carbonyl (C=O) groups excluding carboxylic acids is 2. The molecule has 0 spiro atoms. The molecule has 1 amide bonds. The molecule has 0 aliphatic rings. The Hall–Kier alpha value is -2.40. The van der Waals surface area contributed by atoms with E-state index in [1.54, 1.807) is 43.3 Å². The zero-order valence-corrected chi connectivity index (χ0v) is 12.4. The second-order valence-corrected chi connectivity index (χ2v) is 5.20. The maximum Gasteiger partial charge on any atom is 0.223 e. The van der Waals surface area contributed by atoms with E-state index in [0.29, 0.717) is 5.56 Å². The van der Waals surface area contributed by atoms with Crippen molar-refractivity contribution in [2.45, 2.75) is 31.9 Å². The van der Waals surface area contributed by atoms with Gasteiger partial charge in [-0.05, 0) is 24.6 Å². The van der Waals surface area contributed by atoms with Crippen molar-refractivity contribution in [3.8, 4) is 0 Å². The summed E-state index contributed by atoms with van der Waals surface area (Å²) in [6, 6.07) is 11.9. The number of benzene rings is 1. The number of amides is 1. The van der Waals surface area contributed by atoms with Crippen LogP contribution in [0.5, 0.6) is 0 Å². The Morgan fingerprint density at radius 1 is 1.14 bits per heavy atom. The van der Waals surface area contributed by atoms with Crippen molar-refractivity contribution in [2.24, 2.45) is 0 Å². The first-order chi connectivity index (χ1) is 10.6. The number of hydrogen-bond acceptors (Lipinski definition) is 4. The summed E-state index contributed by atoms with van der Waals surface area (Å²) < 4.78 is 5.02. The van der Waals surface area contributed by atoms with E-state index in [4.69, 9.17) is 4.42 Å². The van der Waals surface area contributed by atoms with Gasteiger partial charge in [-0.1, -0.05) is 30.3 Å². The fraction of sp³-hybridized carbons (Fsp3) is 0.294. The van der Waals surface area contributed by atoms with Gasteiger partial charge in [0.05, 0.1) is 18.8 Å². The van der Waals surface area contributed by atoms with Gasteiger partial charge in [-0.25, -0.2) is 0 Å². The topological polar surface area (TPSA) is 79.5 Å². The maximum atomic E-state index is 11.9. The highest BCUT2D eigenvalue weighted by Crippen LogP contribution is 2.16. The number of aliphatic hydroxyl groups excluding tert-OH is 1. The molecular formula is C17H19NO4. The van der Waals surface area contributed by atoms with E-state index in [1.165, 1.54) is 6.26 Å². The van der Waals surface area contributed by atoms with Crippen LogP contribution in [0.15, 0.2) is 53.1 Å². The van der Waals surface area contributed by atoms with E-state index in [-0.39, 0.29) is 36.3 Å². The van der Waals surface area contributed by atoms with E-state index in [1.807, 2.05) is 6.07 Å². The molecular weight excluding hydrogens is 282 g/mol. The summed E-state index contributed by atoms with van der Waals surface area (Å²) in [5.41, 5.74) is 0.692. The Morgan fingerprint density at radius 2 is 1.86 bits per heavy atom. The van der Waals surface area contributed by atoms with E-state index in [0.717, 1.165) is 0 Å². The largest absolute Gasteiger partial charge is 0.461 e. The van der Waals surface area contributed by atoms with Gasteiger partial charge in [0, 0.05) is 12.5 Å². The fourth-order valence-corrected chi connectivity index (χ4v) is 2.17. The Balaban J connectivity index is 1.80. The van der Waals surface area contributed by atoms with Crippen molar-refractivity contribution in [1.29, 1.82) is 0 Å². The molecule has 1 aromatic carbocycles. The van der Waals surface area contributed by atoms with Crippen LogP contribution < -0.4 is 5.32 Å². The van der Waals surface area contributed by atoms with Gasteiger partial charge in [-0.2, -0.15) is 0 Å². The SMILES string of the molecule is CC(CC(=O)c1ccco1)NC(=O)CC(O)c1ccccc1. The van der Waals surface area contributed by atoms with Crippen LogP contribution >= 0.6 is 0 Å². The molecule has 2 rings (SSSR count). The average molecular weight is 301 g/mol. The van der Waals surface area contributed by atoms with Crippen LogP contribution in [-0.4, -0.2) is 22.8 Å². The molecule has 0 saturated carbocycles. The lowest BCUT2D eigenvalue weighted by Gasteiger charge is -2.15. The molecule has 2 N–H and O–H groups in total. The molecule has 1 aromatic heterocycles. The summed E-state index contributed by atoms with van der Waals surface area (Å²) in [6.45, 7) is 1.74. The third kappa shape index (κ3) is 4.56. The van der Waals surface area contributed by atoms with Crippen LogP contribution in [0.3, 0.4) is 0 Å². The molecule has 5 heteroatoms. The summed E-state index contributed by atoms with van der Waals surface area (Å²) >= 11 is 0. The van der Waals surface area contributed by atoms with Gasteiger partial charge in [0.15, 0.2) is 11.5 Å². The number of rotatable bonds is 7. The van der Waals surface area contributed by atoms with Gasteiger partial charge < -0.3 is 14.8 Å². The second-order valence-electron chi connectivity index (χ2n) is 5.20. The Labute approximate surface area is 129 Å². The van der Waals surface area contributed by atoms with Crippen LogP contribution in [0.1, 0.15) is 42.0 Å². The Kier molecular flexibility index (Phi) is 5.49. The minimum atomic E-state index is -0.853. The molecule has 0 fully saturated rings. The highest BCUT2D eigenvalue weighted by molar-refractivity contribution is 5.94. The first-order valence-electron chi connectivity index (χ1n) is 7.15. The van der Waals surface area contributed by atoms with E-state index in [2.05, 4.69) is 5.32 Å². The molecule has 1 heterocycles. The highest BCUT2D eigenvalue weighted by atomic mass is 16.3. The summed E-state index contributed by atoms with van der Waals surface area (Å²) in [5, 5.41) is 12.7. The smallest absolute Gasteiger partial charge is 0.223 e. The van der Waals surface area contributed by atoms with Crippen LogP contribution in [0.4, 0.5) is 0 Å². The molecule has 5 nitrogen and oxygen atoms in total. The molecule has 116 valence electrons. The molecule has 2 unspecified atom stereocenters. The maximum absolute atomic E-state index is 11.9. The zero-order chi connectivity index (χ0) is 15.9. The van der Waals surface area contributed by atoms with Gasteiger partial charge in [0.2, 0.25) is 5.91 Å². The second kappa shape index (κ2) is 7.56. The summed E-state index contributed by atoms with van der Waals surface area (Å²) in [4.78, 5) is 23.7. The van der Waals surface area contributed by atoms with Gasteiger partial charge in [0.1, 0.15) is 0 Å². The molecule has 0 radical (unpaired) electrons. The number of nitrogens with one attached hydrogen (secondary N) is 1. The minimum absolute atomic E-state index is 0.0384. The minimum Gasteiger partial charge on any atom is -0.461 e. The normalized spacial score (nSPS) is 13.4. The van der Waals surface area contributed by atoms with Gasteiger partial charge >= 0.3 is 0 Å². The van der Waals surface area contributed by atoms with Crippen molar-refractivity contribution in [1.82, 2.24) is 5.32 Å². The molecule has 0 aliphatic heterocycles. The summed E-state index contributed by atoms with van der Waals surface area (Å²) in [7, 11) is 0. The van der Waals surface area contributed by atoms with Crippen molar-refractivity contribution in [3.05, 3.63) is 60.1 Å². The average Bonchev–Trinajstić information content (AvgIpc) is 3.02. The lowest BCUT2D eigenvalue weighted by atomic mass is 10.1. The first kappa shape index (κ1) is 16.0. The van der Waals surface area contributed by atoms with Crippen molar-refractivity contribution in [3.63, 3.8) is 0 Å². The fourth-order valence-electron chi connectivity index (χ4n) is 2.17. The Bertz CT molecular complexity index is 607. The van der Waals surface area contributed by atoms with Crippen molar-refractivity contribution in [2.75, 3.05) is 0 Å². The highest BCUT2D eigenvalue weighted by Gasteiger charge is 2.17. The number of hydrogen-bond donors (Lipinski definition) is 2. The van der Waals surface area contributed by atoms with Gasteiger partial charge in [-0.3, -0.25) is 9.59 Å². The quantitative estimate of drug-likeness (QED) is 0.770. The standard InChI is InChI=1S/C17H19NO4/c1-12(10-15(20)16-8-5-9-22-16)18-17(21)11-14(19)13-6-3-2-4-7-13/h2-9,12,14,19H,10-11H2,1H3,(H,18,21). The summed E-state index contributed by atoms with van der Waals surface area (Å²) in [5.74, 6) is -0.178. The van der Waals surface area contributed by atoms with Gasteiger partial charge in [-0.15, -0.1) is 0 Å². The summed E-state index contributed by atoms with van der Waals surface area (Å²) in [6.07, 6.45) is 0.700. The predicted molar refractivity (Wildman–Crippen MR) is 81.3 cm³/mol. The number of ketones is 1. The first-order valence-corrected chi connectivity index (χ1v) is 7.15. The van der Waals surface area contributed by atoms with E-state index >= 15 is 0 Å². The number of carbonyl (C=O) groups is 2. The molecule has 2 atom stereocenters. The molecule has 0 bridgehead atoms. The van der Waals surface area contributed by atoms with Crippen molar-refractivity contribution >= 4 is 11.7 Å². The number of furan rings is 1. The zero-order valence-electron chi connectivity index (χ0n) is 12.4. The molecule has 2 aromatic rings. The van der Waals surface area contributed by atoms with Crippen LogP contribution in [0, 0.1) is 0 Å². The molecule has 22 heavy (non-hydrogen) atoms. The molecule has 0 aliphatic carbocycles. The third-order valence-corrected chi connectivity index (χ3v) is 3.26. The van der Waals surface area contributed by atoms with Crippen LogP contribution in [-0.2, 0) is 4.79 Å². The number of Topliss-reactive ketones (excluding diaryl/α,β-unsaturated/α-hetero) is 1. The van der Waals surface area contributed by atoms with Crippen LogP contribution in [0.25, 0.3) is 0 Å². The third-order valence-electron chi connectivity index (χ3n) is 3.26.